The molecular weight excluding hydrogens is 618 g/mol. The molecule has 0 N–H and O–H groups in total. The maximum absolute atomic E-state index is 13.7. The van der Waals surface area contributed by atoms with Gasteiger partial charge < -0.3 is 0 Å². The molecule has 0 radical (unpaired) electrons. The summed E-state index contributed by atoms with van der Waals surface area (Å²) in [5.74, 6) is -0.515. The fourth-order valence-electron chi connectivity index (χ4n) is 3.86. The first-order valence-electron chi connectivity index (χ1n) is 12.4. The van der Waals surface area contributed by atoms with E-state index in [0.717, 1.165) is 14.2 Å². The van der Waals surface area contributed by atoms with E-state index in [-0.39, 0.29) is 16.1 Å². The molecule has 1 amide bonds. The van der Waals surface area contributed by atoms with Gasteiger partial charge in [0.05, 0.1) is 26.3 Å². The molecule has 10 nitrogen and oxygen atoms in total. The molecule has 13 heteroatoms. The van der Waals surface area contributed by atoms with Crippen LogP contribution in [0.15, 0.2) is 81.2 Å². The normalized spacial score (nSPS) is 11.9. The molecule has 208 valence electrons. The molecular formula is C27H26BrN5O5S2. The molecule has 0 saturated heterocycles. The number of thiazole rings is 1. The number of halogens is 1. The van der Waals surface area contributed by atoms with Crippen LogP contribution in [0.25, 0.3) is 10.2 Å². The van der Waals surface area contributed by atoms with Crippen LogP contribution in [0.1, 0.15) is 42.6 Å². The summed E-state index contributed by atoms with van der Waals surface area (Å²) in [5.41, 5.74) is 1.38. The summed E-state index contributed by atoms with van der Waals surface area (Å²) in [5, 5.41) is 16.8. The van der Waals surface area contributed by atoms with Crippen molar-refractivity contribution in [3.05, 3.63) is 92.4 Å². The fraction of sp³-hybridized carbons (Fsp3) is 0.222. The number of nitro groups is 1. The van der Waals surface area contributed by atoms with Crippen LogP contribution in [0.3, 0.4) is 0 Å². The first-order chi connectivity index (χ1) is 19.1. The van der Waals surface area contributed by atoms with Crippen molar-refractivity contribution in [3.63, 3.8) is 0 Å². The molecule has 0 unspecified atom stereocenters. The number of rotatable bonds is 11. The highest BCUT2D eigenvalue weighted by atomic mass is 79.9. The highest BCUT2D eigenvalue weighted by Gasteiger charge is 2.25. The molecule has 40 heavy (non-hydrogen) atoms. The molecule has 4 aromatic rings. The zero-order valence-electron chi connectivity index (χ0n) is 21.7. The number of nitrogens with zero attached hydrogens (tertiary/aromatic N) is 5. The third-order valence-electron chi connectivity index (χ3n) is 5.82. The van der Waals surface area contributed by atoms with Gasteiger partial charge in [-0.1, -0.05) is 41.1 Å². The Morgan fingerprint density at radius 3 is 2.30 bits per heavy atom. The molecule has 3 aromatic carbocycles. The van der Waals surface area contributed by atoms with Gasteiger partial charge in [-0.15, -0.1) is 0 Å². The Balaban J connectivity index is 1.69. The van der Waals surface area contributed by atoms with Gasteiger partial charge in [-0.05, 0) is 73.0 Å². The minimum absolute atomic E-state index is 0.0617. The van der Waals surface area contributed by atoms with Gasteiger partial charge in [-0.25, -0.2) is 13.4 Å². The number of amides is 1. The second kappa shape index (κ2) is 12.8. The number of carbonyl (C=O) groups is 1. The summed E-state index contributed by atoms with van der Waals surface area (Å²) in [7, 11) is -3.70. The van der Waals surface area contributed by atoms with Crippen molar-refractivity contribution < 1.29 is 18.1 Å². The average Bonchev–Trinajstić information content (AvgIpc) is 3.36. The SMILES string of the molecule is CCCN(CCC)S(=O)(=O)c1ccc(C(=O)N(/N=C/c2ccc([N+](=O)[O-])cc2)c2nc3ccc(Br)cc3s2)cc1. The number of fused-ring (bicyclic) bond motifs is 1. The van der Waals surface area contributed by atoms with Crippen LogP contribution < -0.4 is 5.01 Å². The minimum Gasteiger partial charge on any atom is -0.267 e. The van der Waals surface area contributed by atoms with Crippen molar-refractivity contribution in [2.24, 2.45) is 5.10 Å². The summed E-state index contributed by atoms with van der Waals surface area (Å²) in [6.07, 6.45) is 2.79. The molecule has 0 saturated carbocycles. The average molecular weight is 645 g/mol. The van der Waals surface area contributed by atoms with Gasteiger partial charge in [0.15, 0.2) is 0 Å². The molecule has 0 bridgehead atoms. The Hall–Kier alpha value is -3.52. The van der Waals surface area contributed by atoms with E-state index in [1.165, 1.54) is 70.4 Å². The molecule has 0 aliphatic carbocycles. The first kappa shape index (κ1) is 29.5. The van der Waals surface area contributed by atoms with Gasteiger partial charge in [0.25, 0.3) is 11.6 Å². The van der Waals surface area contributed by atoms with Gasteiger partial charge in [0, 0.05) is 35.3 Å². The lowest BCUT2D eigenvalue weighted by Crippen LogP contribution is -2.32. The smallest absolute Gasteiger partial charge is 0.267 e. The lowest BCUT2D eigenvalue weighted by molar-refractivity contribution is -0.384. The fourth-order valence-corrected chi connectivity index (χ4v) is 6.96. The second-order valence-electron chi connectivity index (χ2n) is 8.75. The zero-order chi connectivity index (χ0) is 28.9. The molecule has 0 fully saturated rings. The van der Waals surface area contributed by atoms with Crippen LogP contribution in [0.4, 0.5) is 10.8 Å². The van der Waals surface area contributed by atoms with Crippen LogP contribution in [0, 0.1) is 10.1 Å². The monoisotopic (exact) mass is 643 g/mol. The number of hydrazone groups is 1. The predicted octanol–water partition coefficient (Wildman–Crippen LogP) is 6.46. The van der Waals surface area contributed by atoms with Crippen LogP contribution in [-0.2, 0) is 10.0 Å². The quantitative estimate of drug-likeness (QED) is 0.105. The maximum atomic E-state index is 13.7. The van der Waals surface area contributed by atoms with Gasteiger partial charge >= 0.3 is 0 Å². The van der Waals surface area contributed by atoms with Gasteiger partial charge in [-0.2, -0.15) is 14.4 Å². The summed E-state index contributed by atoms with van der Waals surface area (Å²) in [6.45, 7) is 4.67. The van der Waals surface area contributed by atoms with Crippen LogP contribution in [0.2, 0.25) is 0 Å². The number of hydrogen-bond donors (Lipinski definition) is 0. The number of sulfonamides is 1. The largest absolute Gasteiger partial charge is 0.280 e. The Labute approximate surface area is 244 Å². The van der Waals surface area contributed by atoms with E-state index >= 15 is 0 Å². The van der Waals surface area contributed by atoms with Crippen molar-refractivity contribution >= 4 is 70.4 Å². The number of carbonyl (C=O) groups excluding carboxylic acids is 1. The van der Waals surface area contributed by atoms with Crippen molar-refractivity contribution in [2.75, 3.05) is 18.1 Å². The van der Waals surface area contributed by atoms with Gasteiger partial charge in [0.1, 0.15) is 0 Å². The zero-order valence-corrected chi connectivity index (χ0v) is 24.9. The van der Waals surface area contributed by atoms with Crippen molar-refractivity contribution in [1.29, 1.82) is 0 Å². The lowest BCUT2D eigenvalue weighted by atomic mass is 10.2. The third kappa shape index (κ3) is 6.61. The number of nitro benzene ring substituents is 1. The van der Waals surface area contributed by atoms with E-state index < -0.39 is 20.9 Å². The highest BCUT2D eigenvalue weighted by molar-refractivity contribution is 9.10. The Morgan fingerprint density at radius 1 is 1.05 bits per heavy atom. The van der Waals surface area contributed by atoms with E-state index in [1.54, 1.807) is 0 Å². The first-order valence-corrected chi connectivity index (χ1v) is 15.5. The molecule has 0 aliphatic heterocycles. The Morgan fingerprint density at radius 2 is 1.70 bits per heavy atom. The van der Waals surface area contributed by atoms with E-state index in [0.29, 0.717) is 42.1 Å². The highest BCUT2D eigenvalue weighted by Crippen LogP contribution is 2.32. The number of anilines is 1. The van der Waals surface area contributed by atoms with Gasteiger partial charge in [-0.3, -0.25) is 14.9 Å². The van der Waals surface area contributed by atoms with Crippen molar-refractivity contribution in [3.8, 4) is 0 Å². The van der Waals surface area contributed by atoms with Crippen molar-refractivity contribution in [1.82, 2.24) is 9.29 Å². The number of hydrogen-bond acceptors (Lipinski definition) is 8. The molecule has 0 spiro atoms. The number of non-ortho nitro benzene ring substituents is 1. The molecule has 1 aromatic heterocycles. The van der Waals surface area contributed by atoms with E-state index in [4.69, 9.17) is 0 Å². The third-order valence-corrected chi connectivity index (χ3v) is 9.22. The standard InChI is InChI=1S/C27H26BrN5O5S2/c1-3-15-31(16-4-2)40(37,38)23-12-7-20(8-13-23)26(34)32(27-30-24-14-9-21(28)17-25(24)39-27)29-18-19-5-10-22(11-6-19)33(35)36/h5-14,17-18H,3-4,15-16H2,1-2H3/b29-18+. The maximum Gasteiger partial charge on any atom is 0.280 e. The minimum atomic E-state index is -3.70. The summed E-state index contributed by atoms with van der Waals surface area (Å²) >= 11 is 4.71. The number of benzene rings is 3. The Bertz CT molecular complexity index is 1650. The lowest BCUT2D eigenvalue weighted by Gasteiger charge is -2.21. The Kier molecular flexibility index (Phi) is 9.40. The summed E-state index contributed by atoms with van der Waals surface area (Å²) < 4.78 is 29.5. The summed E-state index contributed by atoms with van der Waals surface area (Å²) in [6, 6.07) is 17.1. The molecule has 4 rings (SSSR count). The van der Waals surface area contributed by atoms with Crippen LogP contribution in [-0.4, -0.2) is 47.8 Å². The summed E-state index contributed by atoms with van der Waals surface area (Å²) in [4.78, 5) is 28.8. The molecule has 0 aliphatic rings. The molecule has 1 heterocycles. The number of aromatic nitrogens is 1. The van der Waals surface area contributed by atoms with Gasteiger partial charge in [0.2, 0.25) is 15.2 Å². The topological polar surface area (TPSA) is 126 Å². The van der Waals surface area contributed by atoms with E-state index in [1.807, 2.05) is 32.0 Å². The predicted molar refractivity (Wildman–Crippen MR) is 161 cm³/mol. The second-order valence-corrected chi connectivity index (χ2v) is 12.6. The molecule has 0 atom stereocenters. The van der Waals surface area contributed by atoms with Crippen LogP contribution >= 0.6 is 27.3 Å². The van der Waals surface area contributed by atoms with E-state index in [9.17, 15) is 23.3 Å². The van der Waals surface area contributed by atoms with Crippen molar-refractivity contribution in [2.45, 2.75) is 31.6 Å². The van der Waals surface area contributed by atoms with Crippen LogP contribution in [0.5, 0.6) is 0 Å². The van der Waals surface area contributed by atoms with E-state index in [2.05, 4.69) is 26.0 Å².